The van der Waals surface area contributed by atoms with Crippen molar-refractivity contribution in [2.45, 2.75) is 32.4 Å². The Morgan fingerprint density at radius 2 is 2.33 bits per heavy atom. The first-order valence-corrected chi connectivity index (χ1v) is 6.22. The number of carbonyl (C=O) groups excluding carboxylic acids is 1. The Bertz CT molecular complexity index is 477. The molecule has 2 rings (SSSR count). The van der Waals surface area contributed by atoms with Gasteiger partial charge in [0.1, 0.15) is 0 Å². The molecule has 1 aliphatic rings. The number of carbonyl (C=O) groups is 1. The summed E-state index contributed by atoms with van der Waals surface area (Å²) < 4.78 is 1.81. The van der Waals surface area contributed by atoms with E-state index in [4.69, 9.17) is 5.73 Å². The van der Waals surface area contributed by atoms with Crippen LogP contribution in [0.5, 0.6) is 0 Å². The van der Waals surface area contributed by atoms with Crippen molar-refractivity contribution in [2.75, 3.05) is 0 Å². The first-order chi connectivity index (χ1) is 8.49. The Morgan fingerprint density at radius 3 is 2.83 bits per heavy atom. The van der Waals surface area contributed by atoms with E-state index < -0.39 is 0 Å². The zero-order valence-electron chi connectivity index (χ0n) is 11.1. The van der Waals surface area contributed by atoms with Gasteiger partial charge in [-0.15, -0.1) is 0 Å². The van der Waals surface area contributed by atoms with Crippen LogP contribution in [0.1, 0.15) is 30.6 Å². The highest BCUT2D eigenvalue weighted by atomic mass is 16.1. The summed E-state index contributed by atoms with van der Waals surface area (Å²) in [4.78, 5) is 12.0. The summed E-state index contributed by atoms with van der Waals surface area (Å²) in [5.74, 6) is -0.0608. The fourth-order valence-electron chi connectivity index (χ4n) is 2.26. The first kappa shape index (κ1) is 12.8. The lowest BCUT2D eigenvalue weighted by molar-refractivity contribution is -0.124. The average molecular weight is 248 g/mol. The van der Waals surface area contributed by atoms with E-state index in [-0.39, 0.29) is 23.9 Å². The fourth-order valence-corrected chi connectivity index (χ4v) is 2.26. The summed E-state index contributed by atoms with van der Waals surface area (Å²) in [6, 6.07) is -0.0207. The normalized spacial score (nSPS) is 24.2. The van der Waals surface area contributed by atoms with Gasteiger partial charge in [-0.25, -0.2) is 0 Å². The van der Waals surface area contributed by atoms with E-state index in [1.54, 1.807) is 6.20 Å². The van der Waals surface area contributed by atoms with Crippen LogP contribution in [0.2, 0.25) is 0 Å². The van der Waals surface area contributed by atoms with Gasteiger partial charge in [0, 0.05) is 24.3 Å². The second-order valence-electron chi connectivity index (χ2n) is 4.93. The molecule has 5 nitrogen and oxygen atoms in total. The van der Waals surface area contributed by atoms with Crippen LogP contribution < -0.4 is 11.1 Å². The van der Waals surface area contributed by atoms with E-state index in [0.717, 1.165) is 11.3 Å². The summed E-state index contributed by atoms with van der Waals surface area (Å²) in [6.07, 6.45) is 6.29. The van der Waals surface area contributed by atoms with Gasteiger partial charge >= 0.3 is 0 Å². The maximum absolute atomic E-state index is 12.0. The predicted molar refractivity (Wildman–Crippen MR) is 69.7 cm³/mol. The highest BCUT2D eigenvalue weighted by Crippen LogP contribution is 2.20. The van der Waals surface area contributed by atoms with Gasteiger partial charge in [-0.1, -0.05) is 12.2 Å². The standard InChI is InChI=1S/C13H20N4O/c1-8(12-7-15-17(3)9(12)2)16-13(18)10-4-5-11(14)6-10/h4-5,7-8,10-11H,6,14H2,1-3H3,(H,16,18). The summed E-state index contributed by atoms with van der Waals surface area (Å²) in [6.45, 7) is 3.97. The Balaban J connectivity index is 1.99. The monoisotopic (exact) mass is 248 g/mol. The molecule has 5 heteroatoms. The molecule has 1 aromatic rings. The summed E-state index contributed by atoms with van der Waals surface area (Å²) in [7, 11) is 1.89. The number of nitrogens with zero attached hydrogens (tertiary/aromatic N) is 2. The zero-order chi connectivity index (χ0) is 13.3. The third-order valence-corrected chi connectivity index (χ3v) is 3.55. The molecular formula is C13H20N4O. The second-order valence-corrected chi connectivity index (χ2v) is 4.93. The molecule has 0 saturated heterocycles. The van der Waals surface area contributed by atoms with E-state index in [2.05, 4.69) is 10.4 Å². The van der Waals surface area contributed by atoms with Gasteiger partial charge in [-0.2, -0.15) is 5.10 Å². The minimum absolute atomic E-state index is 0.0104. The molecule has 0 bridgehead atoms. The zero-order valence-corrected chi connectivity index (χ0v) is 11.1. The fraction of sp³-hybridized carbons (Fsp3) is 0.538. The molecule has 1 heterocycles. The number of hydrogen-bond donors (Lipinski definition) is 2. The van der Waals surface area contributed by atoms with Crippen LogP contribution in [0.15, 0.2) is 18.3 Å². The van der Waals surface area contributed by atoms with Gasteiger partial charge in [0.05, 0.1) is 18.2 Å². The molecule has 98 valence electrons. The predicted octanol–water partition coefficient (Wildman–Crippen LogP) is 0.809. The maximum Gasteiger partial charge on any atom is 0.227 e. The Labute approximate surface area is 107 Å². The van der Waals surface area contributed by atoms with Crippen LogP contribution in [0.3, 0.4) is 0 Å². The van der Waals surface area contributed by atoms with Crippen LogP contribution in [-0.2, 0) is 11.8 Å². The third kappa shape index (κ3) is 2.46. The van der Waals surface area contributed by atoms with Gasteiger partial charge in [0.15, 0.2) is 0 Å². The molecule has 3 unspecified atom stereocenters. The molecule has 0 aliphatic heterocycles. The van der Waals surface area contributed by atoms with Crippen molar-refractivity contribution in [3.63, 3.8) is 0 Å². The first-order valence-electron chi connectivity index (χ1n) is 6.22. The molecule has 0 spiro atoms. The van der Waals surface area contributed by atoms with E-state index >= 15 is 0 Å². The number of aromatic nitrogens is 2. The Hall–Kier alpha value is -1.62. The molecule has 0 aromatic carbocycles. The molecule has 3 N–H and O–H groups in total. The van der Waals surface area contributed by atoms with E-state index in [0.29, 0.717) is 6.42 Å². The lowest BCUT2D eigenvalue weighted by Gasteiger charge is -2.16. The third-order valence-electron chi connectivity index (χ3n) is 3.55. The number of hydrogen-bond acceptors (Lipinski definition) is 3. The number of amides is 1. The van der Waals surface area contributed by atoms with Crippen molar-refractivity contribution in [3.8, 4) is 0 Å². The lowest BCUT2D eigenvalue weighted by atomic mass is 10.1. The van der Waals surface area contributed by atoms with Crippen LogP contribution in [0, 0.1) is 12.8 Å². The number of nitrogens with two attached hydrogens (primary N) is 1. The topological polar surface area (TPSA) is 72.9 Å². The smallest absolute Gasteiger partial charge is 0.227 e. The molecule has 0 fully saturated rings. The molecule has 3 atom stereocenters. The van der Waals surface area contributed by atoms with E-state index in [1.807, 2.05) is 37.7 Å². The number of nitrogens with one attached hydrogen (secondary N) is 1. The van der Waals surface area contributed by atoms with E-state index in [9.17, 15) is 4.79 Å². The van der Waals surface area contributed by atoms with Gasteiger partial charge in [-0.3, -0.25) is 9.48 Å². The summed E-state index contributed by atoms with van der Waals surface area (Å²) >= 11 is 0. The molecule has 1 aromatic heterocycles. The van der Waals surface area contributed by atoms with Crippen LogP contribution in [0.4, 0.5) is 0 Å². The Morgan fingerprint density at radius 1 is 1.61 bits per heavy atom. The summed E-state index contributed by atoms with van der Waals surface area (Å²) in [5, 5.41) is 7.20. The molecule has 1 amide bonds. The maximum atomic E-state index is 12.0. The van der Waals surface area contributed by atoms with Crippen molar-refractivity contribution >= 4 is 5.91 Å². The van der Waals surface area contributed by atoms with E-state index in [1.165, 1.54) is 0 Å². The number of aryl methyl sites for hydroxylation is 1. The average Bonchev–Trinajstić information content (AvgIpc) is 2.87. The molecule has 0 radical (unpaired) electrons. The van der Waals surface area contributed by atoms with Crippen molar-refractivity contribution in [1.82, 2.24) is 15.1 Å². The van der Waals surface area contributed by atoms with Crippen molar-refractivity contribution < 1.29 is 4.79 Å². The molecule has 18 heavy (non-hydrogen) atoms. The van der Waals surface area contributed by atoms with Crippen molar-refractivity contribution in [1.29, 1.82) is 0 Å². The molecular weight excluding hydrogens is 228 g/mol. The number of rotatable bonds is 3. The van der Waals surface area contributed by atoms with Gasteiger partial charge in [-0.05, 0) is 20.3 Å². The van der Waals surface area contributed by atoms with Gasteiger partial charge in [0.25, 0.3) is 0 Å². The van der Waals surface area contributed by atoms with Crippen LogP contribution in [-0.4, -0.2) is 21.7 Å². The van der Waals surface area contributed by atoms with Crippen LogP contribution >= 0.6 is 0 Å². The van der Waals surface area contributed by atoms with Crippen LogP contribution in [0.25, 0.3) is 0 Å². The van der Waals surface area contributed by atoms with Crippen molar-refractivity contribution in [3.05, 3.63) is 29.6 Å². The minimum atomic E-state index is -0.0978. The highest BCUT2D eigenvalue weighted by Gasteiger charge is 2.24. The van der Waals surface area contributed by atoms with Gasteiger partial charge < -0.3 is 11.1 Å². The SMILES string of the molecule is Cc1c(C(C)NC(=O)C2C=CC(N)C2)cnn1C. The lowest BCUT2D eigenvalue weighted by Crippen LogP contribution is -2.32. The summed E-state index contributed by atoms with van der Waals surface area (Å²) in [5.41, 5.74) is 7.88. The van der Waals surface area contributed by atoms with Gasteiger partial charge in [0.2, 0.25) is 5.91 Å². The molecule has 1 aliphatic carbocycles. The Kier molecular flexibility index (Phi) is 3.52. The quantitative estimate of drug-likeness (QED) is 0.777. The van der Waals surface area contributed by atoms with Crippen molar-refractivity contribution in [2.24, 2.45) is 18.7 Å². The minimum Gasteiger partial charge on any atom is -0.349 e. The molecule has 0 saturated carbocycles. The largest absolute Gasteiger partial charge is 0.349 e. The second kappa shape index (κ2) is 4.94. The highest BCUT2D eigenvalue weighted by molar-refractivity contribution is 5.81.